The van der Waals surface area contributed by atoms with Crippen LogP contribution in [0.15, 0.2) is 58.4 Å². The number of carbonyl (C=O) groups excluding carboxylic acids is 3. The smallest absolute Gasteiger partial charge is 0.187 e. The Morgan fingerprint density at radius 2 is 1.50 bits per heavy atom. The largest absolute Gasteiger partial charge is 0.486 e. The van der Waals surface area contributed by atoms with Crippen LogP contribution in [0.2, 0.25) is 0 Å². The summed E-state index contributed by atoms with van der Waals surface area (Å²) in [6, 6.07) is 0. The molecule has 4 nitrogen and oxygen atoms in total. The van der Waals surface area contributed by atoms with Crippen molar-refractivity contribution in [3.8, 4) is 0 Å². The zero-order valence-electron chi connectivity index (χ0n) is 25.5. The molecule has 3 unspecified atom stereocenters. The quantitative estimate of drug-likeness (QED) is 0.240. The van der Waals surface area contributed by atoms with Crippen molar-refractivity contribution in [3.63, 3.8) is 0 Å². The SMILES string of the molecule is CC(C)=CCC1C[C@@]2(CC=C(C)C)C(=O)C(C(=O)C(C)C)(C(=O)C3=C2OC(C)(C)C=C3)C1(C)CC=C(C)C. The zero-order valence-corrected chi connectivity index (χ0v) is 25.5. The molecule has 3 rings (SSSR count). The fourth-order valence-electron chi connectivity index (χ4n) is 6.71. The Bertz CT molecular complexity index is 1170. The van der Waals surface area contributed by atoms with Crippen molar-refractivity contribution in [2.75, 3.05) is 0 Å². The van der Waals surface area contributed by atoms with E-state index in [1.807, 2.05) is 74.5 Å². The van der Waals surface area contributed by atoms with Gasteiger partial charge in [0, 0.05) is 11.3 Å². The summed E-state index contributed by atoms with van der Waals surface area (Å²) in [6.07, 6.45) is 12.2. The van der Waals surface area contributed by atoms with Crippen molar-refractivity contribution in [3.05, 3.63) is 58.4 Å². The predicted molar refractivity (Wildman–Crippen MR) is 154 cm³/mol. The molecule has 4 heteroatoms. The topological polar surface area (TPSA) is 60.4 Å². The molecule has 3 aliphatic rings. The first-order valence-corrected chi connectivity index (χ1v) is 14.1. The van der Waals surface area contributed by atoms with E-state index < -0.39 is 27.8 Å². The fraction of sp³-hybridized carbons (Fsp3) is 0.618. The molecular formula is C34H48O4. The predicted octanol–water partition coefficient (Wildman–Crippen LogP) is 8.05. The lowest BCUT2D eigenvalue weighted by Gasteiger charge is -2.62. The van der Waals surface area contributed by atoms with E-state index in [0.717, 1.165) is 11.1 Å². The van der Waals surface area contributed by atoms with Gasteiger partial charge in [0.15, 0.2) is 22.8 Å². The van der Waals surface area contributed by atoms with Crippen LogP contribution in [0.1, 0.15) is 102 Å². The molecule has 0 aromatic carbocycles. The molecule has 208 valence electrons. The van der Waals surface area contributed by atoms with Crippen molar-refractivity contribution >= 4 is 17.3 Å². The van der Waals surface area contributed by atoms with Gasteiger partial charge in [-0.1, -0.05) is 55.7 Å². The van der Waals surface area contributed by atoms with Crippen molar-refractivity contribution < 1.29 is 19.1 Å². The first-order valence-electron chi connectivity index (χ1n) is 14.1. The van der Waals surface area contributed by atoms with Gasteiger partial charge in [0.1, 0.15) is 11.4 Å². The summed E-state index contributed by atoms with van der Waals surface area (Å²) in [5.41, 5.74) is -0.577. The third kappa shape index (κ3) is 4.62. The second-order valence-corrected chi connectivity index (χ2v) is 13.6. The highest BCUT2D eigenvalue weighted by Gasteiger charge is 2.76. The van der Waals surface area contributed by atoms with E-state index in [9.17, 15) is 9.59 Å². The molecule has 0 amide bonds. The summed E-state index contributed by atoms with van der Waals surface area (Å²) in [7, 11) is 0. The van der Waals surface area contributed by atoms with Crippen molar-refractivity contribution in [2.45, 2.75) is 107 Å². The Balaban J connectivity index is 2.51. The van der Waals surface area contributed by atoms with Gasteiger partial charge in [-0.2, -0.15) is 0 Å². The third-order valence-electron chi connectivity index (χ3n) is 8.91. The van der Waals surface area contributed by atoms with E-state index >= 15 is 4.79 Å². The number of allylic oxidation sites excluding steroid dienone is 9. The highest BCUT2D eigenvalue weighted by molar-refractivity contribution is 6.34. The molecule has 0 N–H and O–H groups in total. The molecule has 0 aromatic heterocycles. The molecule has 2 bridgehead atoms. The summed E-state index contributed by atoms with van der Waals surface area (Å²) in [5.74, 6) is -0.961. The Labute approximate surface area is 230 Å². The molecule has 1 saturated carbocycles. The minimum atomic E-state index is -1.77. The van der Waals surface area contributed by atoms with Gasteiger partial charge in [0.2, 0.25) is 0 Å². The van der Waals surface area contributed by atoms with Crippen molar-refractivity contribution in [1.29, 1.82) is 0 Å². The van der Waals surface area contributed by atoms with Gasteiger partial charge in [0.25, 0.3) is 0 Å². The monoisotopic (exact) mass is 520 g/mol. The minimum Gasteiger partial charge on any atom is -0.486 e. The number of Topliss-reactive ketones (excluding diaryl/α,β-unsaturated/α-hetero) is 3. The first kappa shape index (κ1) is 30.1. The van der Waals surface area contributed by atoms with Crippen LogP contribution >= 0.6 is 0 Å². The number of ether oxygens (including phenoxy) is 1. The van der Waals surface area contributed by atoms with E-state index in [-0.39, 0.29) is 23.3 Å². The van der Waals surface area contributed by atoms with E-state index in [0.29, 0.717) is 37.0 Å². The van der Waals surface area contributed by atoms with Crippen LogP contribution < -0.4 is 0 Å². The lowest BCUT2D eigenvalue weighted by atomic mass is 9.38. The van der Waals surface area contributed by atoms with E-state index in [4.69, 9.17) is 4.74 Å². The van der Waals surface area contributed by atoms with Gasteiger partial charge in [-0.15, -0.1) is 0 Å². The lowest BCUT2D eigenvalue weighted by molar-refractivity contribution is -0.181. The highest BCUT2D eigenvalue weighted by Crippen LogP contribution is 2.68. The van der Waals surface area contributed by atoms with Crippen LogP contribution in [0.3, 0.4) is 0 Å². The summed E-state index contributed by atoms with van der Waals surface area (Å²) < 4.78 is 6.55. The molecule has 4 atom stereocenters. The van der Waals surface area contributed by atoms with Gasteiger partial charge in [-0.25, -0.2) is 0 Å². The van der Waals surface area contributed by atoms with Crippen LogP contribution in [-0.2, 0) is 19.1 Å². The molecule has 2 aliphatic carbocycles. The van der Waals surface area contributed by atoms with Crippen LogP contribution in [-0.4, -0.2) is 23.0 Å². The lowest BCUT2D eigenvalue weighted by Crippen LogP contribution is -2.71. The second-order valence-electron chi connectivity index (χ2n) is 13.6. The Kier molecular flexibility index (Phi) is 8.10. The van der Waals surface area contributed by atoms with E-state index in [2.05, 4.69) is 32.1 Å². The average Bonchev–Trinajstić information content (AvgIpc) is 2.80. The van der Waals surface area contributed by atoms with E-state index in [1.54, 1.807) is 0 Å². The Hall–Kier alpha value is -2.49. The molecule has 38 heavy (non-hydrogen) atoms. The number of carbonyl (C=O) groups is 3. The normalized spacial score (nSPS) is 31.4. The molecule has 1 fully saturated rings. The summed E-state index contributed by atoms with van der Waals surface area (Å²) in [5, 5.41) is 0. The van der Waals surface area contributed by atoms with Gasteiger partial charge >= 0.3 is 0 Å². The maximum atomic E-state index is 15.2. The minimum absolute atomic E-state index is 0.0745. The van der Waals surface area contributed by atoms with E-state index in [1.165, 1.54) is 5.57 Å². The molecule has 0 saturated heterocycles. The molecule has 0 radical (unpaired) electrons. The van der Waals surface area contributed by atoms with Gasteiger partial charge in [-0.3, -0.25) is 14.4 Å². The maximum absolute atomic E-state index is 15.2. The summed E-state index contributed by atoms with van der Waals surface area (Å²) in [6.45, 7) is 21.8. The maximum Gasteiger partial charge on any atom is 0.187 e. The standard InChI is InChI=1S/C34H48O4/c1-21(2)12-13-25-20-33(19-15-23(5)6)29-26(16-17-31(9,10)38-29)28(36)34(30(33)37,27(35)24(7)8)32(25,11)18-14-22(3)4/h12,14-17,24-25H,13,18-20H2,1-11H3/t25?,32?,33-,34?/m1/s1. The first-order chi connectivity index (χ1) is 17.5. The molecule has 0 spiro atoms. The second kappa shape index (κ2) is 10.2. The number of hydrogen-bond acceptors (Lipinski definition) is 4. The average molecular weight is 521 g/mol. The number of ketones is 3. The Morgan fingerprint density at radius 1 is 0.947 bits per heavy atom. The van der Waals surface area contributed by atoms with Crippen LogP contribution in [0.5, 0.6) is 0 Å². The van der Waals surface area contributed by atoms with Crippen molar-refractivity contribution in [2.24, 2.45) is 28.1 Å². The molecule has 0 aromatic rings. The van der Waals surface area contributed by atoms with Crippen LogP contribution in [0, 0.1) is 28.1 Å². The summed E-state index contributed by atoms with van der Waals surface area (Å²) in [4.78, 5) is 44.5. The van der Waals surface area contributed by atoms with Gasteiger partial charge in [0.05, 0.1) is 11.0 Å². The van der Waals surface area contributed by atoms with Crippen LogP contribution in [0.25, 0.3) is 0 Å². The molecular weight excluding hydrogens is 472 g/mol. The highest BCUT2D eigenvalue weighted by atomic mass is 16.5. The number of rotatable bonds is 8. The van der Waals surface area contributed by atoms with Gasteiger partial charge < -0.3 is 4.74 Å². The third-order valence-corrected chi connectivity index (χ3v) is 8.91. The zero-order chi connectivity index (χ0) is 28.8. The summed E-state index contributed by atoms with van der Waals surface area (Å²) >= 11 is 0. The fourth-order valence-corrected chi connectivity index (χ4v) is 6.71. The number of fused-ring (bicyclic) bond motifs is 3. The van der Waals surface area contributed by atoms with Crippen molar-refractivity contribution in [1.82, 2.24) is 0 Å². The number of hydrogen-bond donors (Lipinski definition) is 0. The van der Waals surface area contributed by atoms with Crippen LogP contribution in [0.4, 0.5) is 0 Å². The Morgan fingerprint density at radius 3 is 2.03 bits per heavy atom. The molecule has 1 aliphatic heterocycles. The van der Waals surface area contributed by atoms with Gasteiger partial charge in [-0.05, 0) is 99.1 Å². The molecule has 1 heterocycles.